The van der Waals surface area contributed by atoms with E-state index in [0.29, 0.717) is 17.5 Å². The molecule has 4 nitrogen and oxygen atoms in total. The van der Waals surface area contributed by atoms with Gasteiger partial charge in [0.25, 0.3) is 0 Å². The maximum atomic E-state index is 4.97. The number of thiophene rings is 1. The summed E-state index contributed by atoms with van der Waals surface area (Å²) in [5.74, 6) is 2.01. The lowest BCUT2D eigenvalue weighted by molar-refractivity contribution is 0.998. The summed E-state index contributed by atoms with van der Waals surface area (Å²) in [5.41, 5.74) is 9.21. The number of hydrogen-bond donors (Lipinski definition) is 0. The second kappa shape index (κ2) is 11.1. The van der Waals surface area contributed by atoms with Gasteiger partial charge in [-0.2, -0.15) is 0 Å². The van der Waals surface area contributed by atoms with Gasteiger partial charge in [-0.3, -0.25) is 0 Å². The Labute approximate surface area is 271 Å². The van der Waals surface area contributed by atoms with Crippen LogP contribution in [0.15, 0.2) is 146 Å². The van der Waals surface area contributed by atoms with Crippen LogP contribution in [0.5, 0.6) is 0 Å². The third-order valence-corrected chi connectivity index (χ3v) is 9.92. The van der Waals surface area contributed by atoms with Crippen molar-refractivity contribution in [3.05, 3.63) is 151 Å². The zero-order valence-electron chi connectivity index (χ0n) is 25.0. The molecule has 0 saturated heterocycles. The van der Waals surface area contributed by atoms with E-state index in [1.54, 1.807) is 0 Å². The molecule has 9 rings (SSSR count). The molecule has 0 unspecified atom stereocenters. The molecule has 46 heavy (non-hydrogen) atoms. The molecular weight excluding hydrogens is 581 g/mol. The lowest BCUT2D eigenvalue weighted by Gasteiger charge is -2.20. The topological polar surface area (TPSA) is 41.9 Å². The second-order valence-electron chi connectivity index (χ2n) is 11.6. The number of benzene rings is 6. The molecule has 1 aliphatic rings. The van der Waals surface area contributed by atoms with Gasteiger partial charge in [0.1, 0.15) is 0 Å². The molecule has 218 valence electrons. The summed E-state index contributed by atoms with van der Waals surface area (Å²) in [6.45, 7) is 0.936. The first-order valence-electron chi connectivity index (χ1n) is 15.6. The van der Waals surface area contributed by atoms with Crippen LogP contribution in [0, 0.1) is 0 Å². The predicted octanol–water partition coefficient (Wildman–Crippen LogP) is 10.6. The molecule has 0 atom stereocenters. The molecule has 0 fully saturated rings. The number of aromatic nitrogens is 3. The van der Waals surface area contributed by atoms with Crippen LogP contribution in [0.4, 0.5) is 11.4 Å². The molecule has 8 aromatic rings. The first-order chi connectivity index (χ1) is 22.8. The Morgan fingerprint density at radius 3 is 1.72 bits per heavy atom. The zero-order valence-corrected chi connectivity index (χ0v) is 25.8. The SMILES string of the molecule is c1ccc(-c2ccc3sc4cc5c(cc4c3c2)N(c2cccc(-c3nc(-c4ccccc4)nc(-c4ccccc4)n3)c2)CC5)cc1. The Balaban J connectivity index is 1.13. The summed E-state index contributed by atoms with van der Waals surface area (Å²) in [6.07, 6.45) is 1.01. The summed E-state index contributed by atoms with van der Waals surface area (Å²) in [6, 6.07) is 51.2. The second-order valence-corrected chi connectivity index (χ2v) is 12.7. The molecule has 0 radical (unpaired) electrons. The Morgan fingerprint density at radius 1 is 0.457 bits per heavy atom. The van der Waals surface area contributed by atoms with Crippen LogP contribution < -0.4 is 4.90 Å². The quantitative estimate of drug-likeness (QED) is 0.195. The molecule has 2 aromatic heterocycles. The van der Waals surface area contributed by atoms with Gasteiger partial charge in [-0.1, -0.05) is 109 Å². The van der Waals surface area contributed by atoms with E-state index in [1.807, 2.05) is 72.0 Å². The summed E-state index contributed by atoms with van der Waals surface area (Å²) < 4.78 is 2.67. The van der Waals surface area contributed by atoms with Gasteiger partial charge in [-0.25, -0.2) is 15.0 Å². The van der Waals surface area contributed by atoms with Gasteiger partial charge in [-0.05, 0) is 59.5 Å². The normalized spacial score (nSPS) is 12.6. The number of rotatable bonds is 5. The monoisotopic (exact) mass is 608 g/mol. The van der Waals surface area contributed by atoms with Gasteiger partial charge in [0.2, 0.25) is 0 Å². The van der Waals surface area contributed by atoms with Gasteiger partial charge in [0, 0.05) is 54.8 Å². The van der Waals surface area contributed by atoms with Crippen molar-refractivity contribution in [2.75, 3.05) is 11.4 Å². The average Bonchev–Trinajstić information content (AvgIpc) is 3.72. The minimum absolute atomic E-state index is 0.668. The Morgan fingerprint density at radius 2 is 1.04 bits per heavy atom. The van der Waals surface area contributed by atoms with Gasteiger partial charge in [0.15, 0.2) is 17.5 Å². The third-order valence-electron chi connectivity index (χ3n) is 8.79. The van der Waals surface area contributed by atoms with Crippen molar-refractivity contribution >= 4 is 42.9 Å². The van der Waals surface area contributed by atoms with Crippen LogP contribution in [0.1, 0.15) is 5.56 Å². The zero-order chi connectivity index (χ0) is 30.5. The summed E-state index contributed by atoms with van der Waals surface area (Å²) in [7, 11) is 0. The molecule has 0 bridgehead atoms. The van der Waals surface area contributed by atoms with E-state index in [-0.39, 0.29) is 0 Å². The van der Waals surface area contributed by atoms with E-state index >= 15 is 0 Å². The molecule has 0 aliphatic carbocycles. The van der Waals surface area contributed by atoms with Crippen LogP contribution in [0.2, 0.25) is 0 Å². The van der Waals surface area contributed by atoms with E-state index < -0.39 is 0 Å². The van der Waals surface area contributed by atoms with E-state index in [2.05, 4.69) is 89.8 Å². The van der Waals surface area contributed by atoms with Gasteiger partial charge in [0.05, 0.1) is 0 Å². The maximum Gasteiger partial charge on any atom is 0.164 e. The smallest absolute Gasteiger partial charge is 0.164 e. The average molecular weight is 609 g/mol. The summed E-state index contributed by atoms with van der Waals surface area (Å²) in [4.78, 5) is 17.3. The molecular formula is C41H28N4S. The fourth-order valence-corrected chi connectivity index (χ4v) is 7.62. The lowest BCUT2D eigenvalue weighted by atomic mass is 10.0. The van der Waals surface area contributed by atoms with Gasteiger partial charge in [-0.15, -0.1) is 11.3 Å². The molecule has 0 spiro atoms. The highest BCUT2D eigenvalue weighted by Gasteiger charge is 2.23. The van der Waals surface area contributed by atoms with Crippen molar-refractivity contribution in [1.82, 2.24) is 15.0 Å². The van der Waals surface area contributed by atoms with Crippen molar-refractivity contribution in [2.45, 2.75) is 6.42 Å². The summed E-state index contributed by atoms with van der Waals surface area (Å²) in [5, 5.41) is 2.63. The van der Waals surface area contributed by atoms with Crippen LogP contribution in [0.3, 0.4) is 0 Å². The molecule has 5 heteroatoms. The minimum atomic E-state index is 0.668. The highest BCUT2D eigenvalue weighted by Crippen LogP contribution is 2.44. The largest absolute Gasteiger partial charge is 0.341 e. The number of fused-ring (bicyclic) bond motifs is 4. The first-order valence-corrected chi connectivity index (χ1v) is 16.4. The fourth-order valence-electron chi connectivity index (χ4n) is 6.49. The lowest BCUT2D eigenvalue weighted by Crippen LogP contribution is -2.13. The highest BCUT2D eigenvalue weighted by molar-refractivity contribution is 7.25. The van der Waals surface area contributed by atoms with E-state index in [1.165, 1.54) is 42.6 Å². The van der Waals surface area contributed by atoms with E-state index in [4.69, 9.17) is 15.0 Å². The number of anilines is 2. The van der Waals surface area contributed by atoms with Gasteiger partial charge < -0.3 is 4.90 Å². The van der Waals surface area contributed by atoms with Crippen LogP contribution in [-0.2, 0) is 6.42 Å². The van der Waals surface area contributed by atoms with E-state index in [0.717, 1.165) is 35.3 Å². The molecule has 6 aromatic carbocycles. The first kappa shape index (κ1) is 26.7. The fraction of sp³-hybridized carbons (Fsp3) is 0.0488. The Bertz CT molecular complexity index is 2310. The molecule has 0 amide bonds. The van der Waals surface area contributed by atoms with Crippen molar-refractivity contribution in [2.24, 2.45) is 0 Å². The van der Waals surface area contributed by atoms with Crippen LogP contribution >= 0.6 is 11.3 Å². The highest BCUT2D eigenvalue weighted by atomic mass is 32.1. The summed E-state index contributed by atoms with van der Waals surface area (Å²) >= 11 is 1.89. The molecule has 0 N–H and O–H groups in total. The maximum absolute atomic E-state index is 4.97. The van der Waals surface area contributed by atoms with Crippen molar-refractivity contribution in [3.8, 4) is 45.3 Å². The van der Waals surface area contributed by atoms with Crippen LogP contribution in [0.25, 0.3) is 65.5 Å². The molecule has 0 saturated carbocycles. The Hall–Kier alpha value is -5.65. The third kappa shape index (κ3) is 4.73. The standard InChI is InChI=1S/C41H28N4S/c1-4-11-27(12-5-1)30-19-20-37-34(24-30)35-26-36-31(25-38(35)46-37)21-22-45(36)33-18-10-17-32(23-33)41-43-39(28-13-6-2-7-14-28)42-40(44-41)29-15-8-3-9-16-29/h1-20,23-26H,21-22H2. The molecule has 1 aliphatic heterocycles. The van der Waals surface area contributed by atoms with Crippen molar-refractivity contribution in [1.29, 1.82) is 0 Å². The van der Waals surface area contributed by atoms with Gasteiger partial charge >= 0.3 is 0 Å². The number of hydrogen-bond acceptors (Lipinski definition) is 5. The molecule has 3 heterocycles. The minimum Gasteiger partial charge on any atom is -0.341 e. The Kier molecular flexibility index (Phi) is 6.42. The predicted molar refractivity (Wildman–Crippen MR) is 192 cm³/mol. The van der Waals surface area contributed by atoms with Crippen molar-refractivity contribution in [3.63, 3.8) is 0 Å². The van der Waals surface area contributed by atoms with E-state index in [9.17, 15) is 0 Å². The van der Waals surface area contributed by atoms with Crippen LogP contribution in [-0.4, -0.2) is 21.5 Å². The number of nitrogens with zero attached hydrogens (tertiary/aromatic N) is 4. The van der Waals surface area contributed by atoms with Crippen molar-refractivity contribution < 1.29 is 0 Å².